The van der Waals surface area contributed by atoms with Crippen molar-refractivity contribution in [3.8, 4) is 11.3 Å². The van der Waals surface area contributed by atoms with E-state index in [0.717, 1.165) is 18.5 Å². The molecule has 2 N–H and O–H groups in total. The number of aromatic amines is 1. The third-order valence-electron chi connectivity index (χ3n) is 3.11. The predicted octanol–water partition coefficient (Wildman–Crippen LogP) is 3.07. The zero-order valence-electron chi connectivity index (χ0n) is 12.5. The first kappa shape index (κ1) is 16.8. The Morgan fingerprint density at radius 3 is 2.73 bits per heavy atom. The average molecular weight is 341 g/mol. The van der Waals surface area contributed by atoms with E-state index in [1.807, 2.05) is 20.2 Å². The summed E-state index contributed by atoms with van der Waals surface area (Å²) in [5.41, 5.74) is 1.88. The van der Waals surface area contributed by atoms with Crippen LogP contribution in [0.3, 0.4) is 0 Å². The summed E-state index contributed by atoms with van der Waals surface area (Å²) in [6.45, 7) is 1.55. The van der Waals surface area contributed by atoms with Crippen molar-refractivity contribution in [1.29, 1.82) is 0 Å². The molecule has 0 saturated carbocycles. The summed E-state index contributed by atoms with van der Waals surface area (Å²) in [7, 11) is 4.00. The van der Waals surface area contributed by atoms with Gasteiger partial charge in [0.25, 0.3) is 5.91 Å². The van der Waals surface area contributed by atoms with Crippen molar-refractivity contribution in [2.24, 2.45) is 0 Å². The summed E-state index contributed by atoms with van der Waals surface area (Å²) in [4.78, 5) is 14.1. The molecule has 1 aromatic carbocycles. The highest BCUT2D eigenvalue weighted by Gasteiger charge is 2.11. The summed E-state index contributed by atoms with van der Waals surface area (Å²) >= 11 is 11.9. The smallest absolute Gasteiger partial charge is 0.269 e. The quantitative estimate of drug-likeness (QED) is 0.794. The number of rotatable bonds is 6. The molecule has 0 aliphatic heterocycles. The lowest BCUT2D eigenvalue weighted by molar-refractivity contribution is 0.0947. The fourth-order valence-corrected chi connectivity index (χ4v) is 2.23. The number of nitrogens with one attached hydrogen (secondary N) is 2. The summed E-state index contributed by atoms with van der Waals surface area (Å²) in [6.07, 6.45) is 0.895. The molecule has 5 nitrogen and oxygen atoms in total. The first-order chi connectivity index (χ1) is 10.5. The monoisotopic (exact) mass is 340 g/mol. The summed E-state index contributed by atoms with van der Waals surface area (Å²) < 4.78 is 0. The van der Waals surface area contributed by atoms with Gasteiger partial charge in [-0.1, -0.05) is 29.3 Å². The maximum Gasteiger partial charge on any atom is 0.269 e. The number of aromatic nitrogens is 2. The molecule has 0 spiro atoms. The number of amides is 1. The van der Waals surface area contributed by atoms with Crippen LogP contribution >= 0.6 is 23.2 Å². The number of carbonyl (C=O) groups excluding carboxylic acids is 1. The van der Waals surface area contributed by atoms with Crippen LogP contribution in [0.2, 0.25) is 10.0 Å². The molecule has 2 aromatic rings. The Balaban J connectivity index is 1.98. The third-order valence-corrected chi connectivity index (χ3v) is 3.84. The average Bonchev–Trinajstić information content (AvgIpc) is 2.96. The van der Waals surface area contributed by atoms with Crippen LogP contribution in [0.5, 0.6) is 0 Å². The lowest BCUT2D eigenvalue weighted by atomic mass is 10.1. The van der Waals surface area contributed by atoms with Gasteiger partial charge in [-0.05, 0) is 45.3 Å². The van der Waals surface area contributed by atoms with E-state index in [1.165, 1.54) is 0 Å². The Labute approximate surface area is 139 Å². The van der Waals surface area contributed by atoms with Gasteiger partial charge in [0.2, 0.25) is 0 Å². The summed E-state index contributed by atoms with van der Waals surface area (Å²) in [6, 6.07) is 6.93. The molecule has 0 atom stereocenters. The molecule has 2 rings (SSSR count). The number of hydrogen-bond donors (Lipinski definition) is 2. The largest absolute Gasteiger partial charge is 0.351 e. The Kier molecular flexibility index (Phi) is 5.83. The zero-order valence-corrected chi connectivity index (χ0v) is 14.0. The summed E-state index contributed by atoms with van der Waals surface area (Å²) in [5.74, 6) is -0.169. The second kappa shape index (κ2) is 7.63. The minimum atomic E-state index is -0.169. The topological polar surface area (TPSA) is 61.0 Å². The van der Waals surface area contributed by atoms with E-state index in [-0.39, 0.29) is 5.91 Å². The minimum Gasteiger partial charge on any atom is -0.351 e. The lowest BCUT2D eigenvalue weighted by Crippen LogP contribution is -2.27. The second-order valence-electron chi connectivity index (χ2n) is 5.21. The highest BCUT2D eigenvalue weighted by Crippen LogP contribution is 2.27. The van der Waals surface area contributed by atoms with Gasteiger partial charge in [0.15, 0.2) is 0 Å². The number of carbonyl (C=O) groups is 1. The molecule has 1 heterocycles. The van der Waals surface area contributed by atoms with Crippen LogP contribution in [0.15, 0.2) is 24.3 Å². The summed E-state index contributed by atoms with van der Waals surface area (Å²) in [5, 5.41) is 10.7. The lowest BCUT2D eigenvalue weighted by Gasteiger charge is -2.09. The van der Waals surface area contributed by atoms with Crippen molar-refractivity contribution in [2.75, 3.05) is 27.2 Å². The molecule has 0 fully saturated rings. The fraction of sp³-hybridized carbons (Fsp3) is 0.333. The van der Waals surface area contributed by atoms with Gasteiger partial charge < -0.3 is 10.2 Å². The van der Waals surface area contributed by atoms with Crippen LogP contribution in [0, 0.1) is 0 Å². The molecule has 0 bridgehead atoms. The van der Waals surface area contributed by atoms with E-state index in [4.69, 9.17) is 23.2 Å². The van der Waals surface area contributed by atoms with E-state index < -0.39 is 0 Å². The van der Waals surface area contributed by atoms with E-state index in [1.54, 1.807) is 18.2 Å². The van der Waals surface area contributed by atoms with Gasteiger partial charge in [-0.15, -0.1) is 0 Å². The number of benzene rings is 1. The maximum absolute atomic E-state index is 12.0. The van der Waals surface area contributed by atoms with Gasteiger partial charge in [0, 0.05) is 12.1 Å². The number of H-pyrrole nitrogens is 1. The molecule has 118 valence electrons. The Morgan fingerprint density at radius 1 is 1.27 bits per heavy atom. The van der Waals surface area contributed by atoms with Crippen LogP contribution in [-0.4, -0.2) is 48.2 Å². The standard InChI is InChI=1S/C15H18Cl2N4O/c1-21(2)7-3-6-18-15(22)14-9-13(19-20-14)10-4-5-11(16)12(17)8-10/h4-5,8-9H,3,6-7H2,1-2H3,(H,18,22)(H,19,20). The van der Waals surface area contributed by atoms with Gasteiger partial charge in [0.1, 0.15) is 5.69 Å². The maximum atomic E-state index is 12.0. The Morgan fingerprint density at radius 2 is 2.05 bits per heavy atom. The van der Waals surface area contributed by atoms with Crippen molar-refractivity contribution in [3.63, 3.8) is 0 Å². The zero-order chi connectivity index (χ0) is 16.1. The van der Waals surface area contributed by atoms with Crippen molar-refractivity contribution in [2.45, 2.75) is 6.42 Å². The second-order valence-corrected chi connectivity index (χ2v) is 6.02. The Bertz CT molecular complexity index is 655. The Hall–Kier alpha value is -1.56. The molecule has 0 aliphatic carbocycles. The normalized spacial score (nSPS) is 11.0. The van der Waals surface area contributed by atoms with Crippen molar-refractivity contribution >= 4 is 29.1 Å². The predicted molar refractivity (Wildman–Crippen MR) is 89.5 cm³/mol. The van der Waals surface area contributed by atoms with Crippen LogP contribution in [0.4, 0.5) is 0 Å². The molecule has 0 saturated heterocycles. The van der Waals surface area contributed by atoms with Crippen LogP contribution in [0.25, 0.3) is 11.3 Å². The molecule has 0 aliphatic rings. The van der Waals surface area contributed by atoms with E-state index in [0.29, 0.717) is 28.0 Å². The number of hydrogen-bond acceptors (Lipinski definition) is 3. The molecule has 0 unspecified atom stereocenters. The SMILES string of the molecule is CN(C)CCCNC(=O)c1cc(-c2ccc(Cl)c(Cl)c2)n[nH]1. The molecule has 1 amide bonds. The van der Waals surface area contributed by atoms with Gasteiger partial charge in [-0.25, -0.2) is 0 Å². The van der Waals surface area contributed by atoms with Gasteiger partial charge in [-0.3, -0.25) is 9.89 Å². The van der Waals surface area contributed by atoms with Crippen molar-refractivity contribution in [1.82, 2.24) is 20.4 Å². The first-order valence-corrected chi connectivity index (χ1v) is 7.66. The van der Waals surface area contributed by atoms with E-state index >= 15 is 0 Å². The number of nitrogens with zero attached hydrogens (tertiary/aromatic N) is 2. The van der Waals surface area contributed by atoms with Crippen LogP contribution < -0.4 is 5.32 Å². The minimum absolute atomic E-state index is 0.169. The molecule has 7 heteroatoms. The fourth-order valence-electron chi connectivity index (χ4n) is 1.93. The molecule has 0 radical (unpaired) electrons. The molecule has 22 heavy (non-hydrogen) atoms. The van der Waals surface area contributed by atoms with Crippen molar-refractivity contribution in [3.05, 3.63) is 40.0 Å². The number of halogens is 2. The van der Waals surface area contributed by atoms with E-state index in [2.05, 4.69) is 20.4 Å². The highest BCUT2D eigenvalue weighted by atomic mass is 35.5. The van der Waals surface area contributed by atoms with Crippen molar-refractivity contribution < 1.29 is 4.79 Å². The molecular weight excluding hydrogens is 323 g/mol. The van der Waals surface area contributed by atoms with Gasteiger partial charge in [0.05, 0.1) is 15.7 Å². The van der Waals surface area contributed by atoms with Crippen LogP contribution in [0.1, 0.15) is 16.9 Å². The molecular formula is C15H18Cl2N4O. The highest BCUT2D eigenvalue weighted by molar-refractivity contribution is 6.42. The molecule has 1 aromatic heterocycles. The van der Waals surface area contributed by atoms with Crippen LogP contribution in [-0.2, 0) is 0 Å². The van der Waals surface area contributed by atoms with Gasteiger partial charge in [-0.2, -0.15) is 5.10 Å². The van der Waals surface area contributed by atoms with E-state index in [9.17, 15) is 4.79 Å². The first-order valence-electron chi connectivity index (χ1n) is 6.91. The third kappa shape index (κ3) is 4.47. The van der Waals surface area contributed by atoms with Gasteiger partial charge >= 0.3 is 0 Å².